The maximum Gasteiger partial charge on any atom is 0.268 e. The SMILES string of the molecule is Cc1ccc(-c2cccc3c4ccccc4n(-c4cccc5c4C(=O)N(c4cccc(-c6ccccc6)c4)C5=O)c23)c(C)c1. The van der Waals surface area contributed by atoms with E-state index < -0.39 is 0 Å². The van der Waals surface area contributed by atoms with Crippen molar-refractivity contribution in [1.82, 2.24) is 4.57 Å². The molecule has 0 atom stereocenters. The lowest BCUT2D eigenvalue weighted by molar-refractivity contribution is 0.0926. The summed E-state index contributed by atoms with van der Waals surface area (Å²) in [6.45, 7) is 4.24. The molecule has 0 radical (unpaired) electrons. The molecule has 2 amide bonds. The van der Waals surface area contributed by atoms with Gasteiger partial charge in [0, 0.05) is 16.3 Å². The Balaban J connectivity index is 1.36. The minimum Gasteiger partial charge on any atom is -0.308 e. The van der Waals surface area contributed by atoms with E-state index in [0.29, 0.717) is 22.5 Å². The van der Waals surface area contributed by atoms with Gasteiger partial charge in [-0.1, -0.05) is 109 Å². The number of carbonyl (C=O) groups is 2. The van der Waals surface area contributed by atoms with Crippen molar-refractivity contribution in [1.29, 1.82) is 0 Å². The topological polar surface area (TPSA) is 42.3 Å². The van der Waals surface area contributed by atoms with Crippen LogP contribution in [-0.4, -0.2) is 16.4 Å². The summed E-state index contributed by atoms with van der Waals surface area (Å²) in [7, 11) is 0. The van der Waals surface area contributed by atoms with E-state index in [0.717, 1.165) is 44.1 Å². The molecule has 4 heteroatoms. The fourth-order valence-electron chi connectivity index (χ4n) is 6.75. The van der Waals surface area contributed by atoms with Crippen molar-refractivity contribution < 1.29 is 9.59 Å². The number of aryl methyl sites for hydroxylation is 2. The van der Waals surface area contributed by atoms with Crippen LogP contribution in [0.3, 0.4) is 0 Å². The molecule has 44 heavy (non-hydrogen) atoms. The number of imide groups is 1. The smallest absolute Gasteiger partial charge is 0.268 e. The largest absolute Gasteiger partial charge is 0.308 e. The van der Waals surface area contributed by atoms with Crippen molar-refractivity contribution in [3.05, 3.63) is 156 Å². The summed E-state index contributed by atoms with van der Waals surface area (Å²) >= 11 is 0. The third-order valence-electron chi connectivity index (χ3n) is 8.71. The van der Waals surface area contributed by atoms with Crippen molar-refractivity contribution >= 4 is 39.3 Å². The molecule has 1 aliphatic rings. The molecular formula is C40H28N2O2. The van der Waals surface area contributed by atoms with Gasteiger partial charge in [-0.3, -0.25) is 9.59 Å². The maximum atomic E-state index is 14.4. The van der Waals surface area contributed by atoms with Crippen molar-refractivity contribution in [2.75, 3.05) is 4.90 Å². The number of hydrogen-bond acceptors (Lipinski definition) is 2. The molecule has 0 N–H and O–H groups in total. The normalized spacial score (nSPS) is 12.8. The number of anilines is 1. The second-order valence-corrected chi connectivity index (χ2v) is 11.4. The first-order chi connectivity index (χ1) is 21.5. The number of amides is 2. The van der Waals surface area contributed by atoms with Gasteiger partial charge in [0.2, 0.25) is 0 Å². The fraction of sp³-hybridized carbons (Fsp3) is 0.0500. The Morgan fingerprint density at radius 3 is 2.07 bits per heavy atom. The molecule has 0 spiro atoms. The summed E-state index contributed by atoms with van der Waals surface area (Å²) in [4.78, 5) is 29.7. The fourth-order valence-corrected chi connectivity index (χ4v) is 6.75. The third kappa shape index (κ3) is 3.85. The minimum atomic E-state index is -0.319. The van der Waals surface area contributed by atoms with Gasteiger partial charge >= 0.3 is 0 Å². The van der Waals surface area contributed by atoms with E-state index in [1.54, 1.807) is 6.07 Å². The number of rotatable bonds is 4. The Bertz CT molecular complexity index is 2300. The Morgan fingerprint density at radius 2 is 1.23 bits per heavy atom. The molecule has 0 saturated heterocycles. The van der Waals surface area contributed by atoms with Crippen molar-refractivity contribution in [3.63, 3.8) is 0 Å². The lowest BCUT2D eigenvalue weighted by atomic mass is 9.96. The summed E-state index contributed by atoms with van der Waals surface area (Å²) in [5.74, 6) is -0.631. The van der Waals surface area contributed by atoms with Crippen molar-refractivity contribution in [3.8, 4) is 27.9 Å². The number of hydrogen-bond donors (Lipinski definition) is 0. The predicted octanol–water partition coefficient (Wildman–Crippen LogP) is 9.54. The van der Waals surface area contributed by atoms with Crippen LogP contribution in [0.5, 0.6) is 0 Å². The Hall–Kier alpha value is -5.74. The monoisotopic (exact) mass is 568 g/mol. The van der Waals surface area contributed by atoms with Gasteiger partial charge in [0.25, 0.3) is 11.8 Å². The average molecular weight is 569 g/mol. The van der Waals surface area contributed by atoms with Crippen LogP contribution in [0.15, 0.2) is 133 Å². The molecule has 0 saturated carbocycles. The van der Waals surface area contributed by atoms with E-state index in [9.17, 15) is 9.59 Å². The average Bonchev–Trinajstić information content (AvgIpc) is 3.53. The Morgan fingerprint density at radius 1 is 0.523 bits per heavy atom. The molecule has 0 fully saturated rings. The second kappa shape index (κ2) is 9.92. The molecule has 210 valence electrons. The van der Waals surface area contributed by atoms with Crippen LogP contribution < -0.4 is 4.90 Å². The van der Waals surface area contributed by atoms with Crippen molar-refractivity contribution in [2.45, 2.75) is 13.8 Å². The Labute approximate surface area is 255 Å². The molecule has 8 rings (SSSR count). The highest BCUT2D eigenvalue weighted by molar-refractivity contribution is 6.36. The van der Waals surface area contributed by atoms with Gasteiger partial charge in [0.1, 0.15) is 0 Å². The molecule has 6 aromatic carbocycles. The highest BCUT2D eigenvalue weighted by atomic mass is 16.2. The molecular weight excluding hydrogens is 540 g/mol. The van der Waals surface area contributed by atoms with Crippen molar-refractivity contribution in [2.24, 2.45) is 0 Å². The van der Waals surface area contributed by atoms with Gasteiger partial charge in [0.15, 0.2) is 0 Å². The second-order valence-electron chi connectivity index (χ2n) is 11.4. The number of para-hydroxylation sites is 2. The minimum absolute atomic E-state index is 0.313. The standard InChI is InChI=1S/C40H28N2O2/c1-25-21-22-30(26(2)23-25)32-16-9-17-33-31-15-6-7-19-35(31)42(38(32)33)36-20-10-18-34-37(36)40(44)41(39(34)43)29-14-8-13-28(24-29)27-11-4-3-5-12-27/h3-24H,1-2H3. The number of benzene rings is 6. The van der Waals surface area contributed by atoms with E-state index in [4.69, 9.17) is 0 Å². The summed E-state index contributed by atoms with van der Waals surface area (Å²) in [6.07, 6.45) is 0. The van der Waals surface area contributed by atoms with E-state index in [-0.39, 0.29) is 11.8 Å². The molecule has 1 aliphatic heterocycles. The van der Waals surface area contributed by atoms with Gasteiger partial charge in [-0.15, -0.1) is 0 Å². The lowest BCUT2D eigenvalue weighted by Gasteiger charge is -2.17. The predicted molar refractivity (Wildman–Crippen MR) is 179 cm³/mol. The maximum absolute atomic E-state index is 14.4. The first kappa shape index (κ1) is 25.9. The van der Waals surface area contributed by atoms with E-state index in [1.807, 2.05) is 78.9 Å². The van der Waals surface area contributed by atoms with Gasteiger partial charge in [-0.25, -0.2) is 4.90 Å². The van der Waals surface area contributed by atoms with Crippen LogP contribution in [0.1, 0.15) is 31.8 Å². The molecule has 1 aromatic heterocycles. The van der Waals surface area contributed by atoms with Crippen LogP contribution in [0.2, 0.25) is 0 Å². The van der Waals surface area contributed by atoms with Crippen LogP contribution >= 0.6 is 0 Å². The van der Waals surface area contributed by atoms with E-state index >= 15 is 0 Å². The molecule has 7 aromatic rings. The van der Waals surface area contributed by atoms with Gasteiger partial charge in [-0.2, -0.15) is 0 Å². The summed E-state index contributed by atoms with van der Waals surface area (Å²) in [5, 5.41) is 2.19. The number of aromatic nitrogens is 1. The van der Waals surface area contributed by atoms with Gasteiger partial charge < -0.3 is 4.57 Å². The molecule has 0 unspecified atom stereocenters. The summed E-state index contributed by atoms with van der Waals surface area (Å²) in [5.41, 5.74) is 10.7. The van der Waals surface area contributed by atoms with Gasteiger partial charge in [0.05, 0.1) is 33.5 Å². The Kier molecular flexibility index (Phi) is 5.85. The highest BCUT2D eigenvalue weighted by Gasteiger charge is 2.39. The summed E-state index contributed by atoms with van der Waals surface area (Å²) in [6, 6.07) is 44.4. The first-order valence-electron chi connectivity index (χ1n) is 14.8. The van der Waals surface area contributed by atoms with Crippen LogP contribution in [0, 0.1) is 13.8 Å². The van der Waals surface area contributed by atoms with E-state index in [2.05, 4.69) is 66.9 Å². The quantitative estimate of drug-likeness (QED) is 0.198. The van der Waals surface area contributed by atoms with Crippen LogP contribution in [0.4, 0.5) is 5.69 Å². The molecule has 4 nitrogen and oxygen atoms in total. The number of carbonyl (C=O) groups excluding carboxylic acids is 2. The van der Waals surface area contributed by atoms with E-state index in [1.165, 1.54) is 16.0 Å². The van der Waals surface area contributed by atoms with Gasteiger partial charge in [-0.05, 0) is 66.4 Å². The lowest BCUT2D eigenvalue weighted by Crippen LogP contribution is -2.29. The third-order valence-corrected chi connectivity index (χ3v) is 8.71. The molecule has 0 bridgehead atoms. The zero-order valence-corrected chi connectivity index (χ0v) is 24.4. The number of nitrogens with zero attached hydrogens (tertiary/aromatic N) is 2. The molecule has 0 aliphatic carbocycles. The van der Waals surface area contributed by atoms with Crippen LogP contribution in [0.25, 0.3) is 49.7 Å². The number of fused-ring (bicyclic) bond motifs is 4. The zero-order chi connectivity index (χ0) is 29.9. The molecule has 2 heterocycles. The van der Waals surface area contributed by atoms with Crippen LogP contribution in [-0.2, 0) is 0 Å². The zero-order valence-electron chi connectivity index (χ0n) is 24.4. The first-order valence-corrected chi connectivity index (χ1v) is 14.8. The summed E-state index contributed by atoms with van der Waals surface area (Å²) < 4.78 is 2.17. The highest BCUT2D eigenvalue weighted by Crippen LogP contribution is 2.42.